The molecule has 106 valence electrons. The number of hydrogen-bond donors (Lipinski definition) is 2. The van der Waals surface area contributed by atoms with E-state index in [9.17, 15) is 9.18 Å². The fourth-order valence-electron chi connectivity index (χ4n) is 1.88. The number of carbonyl (C=O) groups is 1. The summed E-state index contributed by atoms with van der Waals surface area (Å²) in [6.07, 6.45) is 0. The van der Waals surface area contributed by atoms with Gasteiger partial charge in [0.05, 0.1) is 6.54 Å². The van der Waals surface area contributed by atoms with Gasteiger partial charge in [0, 0.05) is 16.8 Å². The van der Waals surface area contributed by atoms with Crippen molar-refractivity contribution in [1.29, 1.82) is 0 Å². The van der Waals surface area contributed by atoms with Crippen LogP contribution in [0.25, 0.3) is 0 Å². The number of amides is 1. The molecule has 0 atom stereocenters. The molecule has 3 nitrogen and oxygen atoms in total. The van der Waals surface area contributed by atoms with Crippen LogP contribution in [0.4, 0.5) is 10.1 Å². The number of benzene rings is 2. The van der Waals surface area contributed by atoms with E-state index in [-0.39, 0.29) is 18.3 Å². The standard InChI is InChI=1S/C17H15FN2O/c1-12-9-13(3-2-8-19)11-14(10-12)17(21)20-16-6-4-15(18)5-7-16/h4-7,9-11H,8,19H2,1H3,(H,20,21). The third kappa shape index (κ3) is 4.16. The highest BCUT2D eigenvalue weighted by molar-refractivity contribution is 6.04. The van der Waals surface area contributed by atoms with E-state index in [0.717, 1.165) is 11.1 Å². The minimum Gasteiger partial charge on any atom is -0.322 e. The van der Waals surface area contributed by atoms with Crippen LogP contribution < -0.4 is 11.1 Å². The smallest absolute Gasteiger partial charge is 0.255 e. The summed E-state index contributed by atoms with van der Waals surface area (Å²) in [5.74, 6) is 5.06. The highest BCUT2D eigenvalue weighted by atomic mass is 19.1. The van der Waals surface area contributed by atoms with E-state index in [2.05, 4.69) is 17.2 Å². The highest BCUT2D eigenvalue weighted by Crippen LogP contribution is 2.13. The van der Waals surface area contributed by atoms with Crippen LogP contribution in [0.2, 0.25) is 0 Å². The van der Waals surface area contributed by atoms with E-state index < -0.39 is 0 Å². The molecule has 21 heavy (non-hydrogen) atoms. The van der Waals surface area contributed by atoms with Gasteiger partial charge in [0.25, 0.3) is 5.91 Å². The molecule has 0 saturated carbocycles. The van der Waals surface area contributed by atoms with Crippen LogP contribution in [0.1, 0.15) is 21.5 Å². The Morgan fingerprint density at radius 2 is 1.95 bits per heavy atom. The van der Waals surface area contributed by atoms with Gasteiger partial charge in [-0.3, -0.25) is 4.79 Å². The maximum Gasteiger partial charge on any atom is 0.255 e. The normalized spacial score (nSPS) is 9.67. The fraction of sp³-hybridized carbons (Fsp3) is 0.118. The average Bonchev–Trinajstić information content (AvgIpc) is 2.47. The number of rotatable bonds is 2. The zero-order valence-electron chi connectivity index (χ0n) is 11.6. The van der Waals surface area contributed by atoms with Gasteiger partial charge in [-0.2, -0.15) is 0 Å². The van der Waals surface area contributed by atoms with Crippen LogP contribution in [0.15, 0.2) is 42.5 Å². The quantitative estimate of drug-likeness (QED) is 0.832. The molecule has 0 aliphatic rings. The van der Waals surface area contributed by atoms with Gasteiger partial charge in [0.1, 0.15) is 5.82 Å². The molecule has 2 rings (SSSR count). The molecule has 0 bridgehead atoms. The highest BCUT2D eigenvalue weighted by Gasteiger charge is 2.07. The molecule has 2 aromatic carbocycles. The monoisotopic (exact) mass is 282 g/mol. The minimum absolute atomic E-state index is 0.263. The molecule has 0 aromatic heterocycles. The zero-order chi connectivity index (χ0) is 15.2. The van der Waals surface area contributed by atoms with Crippen molar-refractivity contribution in [2.75, 3.05) is 11.9 Å². The van der Waals surface area contributed by atoms with Crippen molar-refractivity contribution in [3.63, 3.8) is 0 Å². The predicted molar refractivity (Wildman–Crippen MR) is 81.5 cm³/mol. The Balaban J connectivity index is 2.22. The van der Waals surface area contributed by atoms with Crippen LogP contribution in [0, 0.1) is 24.6 Å². The van der Waals surface area contributed by atoms with Crippen LogP contribution >= 0.6 is 0 Å². The van der Waals surface area contributed by atoms with Crippen LogP contribution in [-0.2, 0) is 0 Å². The maximum absolute atomic E-state index is 12.8. The van der Waals surface area contributed by atoms with E-state index in [1.807, 2.05) is 13.0 Å². The predicted octanol–water partition coefficient (Wildman–Crippen LogP) is 2.70. The summed E-state index contributed by atoms with van der Waals surface area (Å²) in [5.41, 5.74) is 8.06. The summed E-state index contributed by atoms with van der Waals surface area (Å²) in [4.78, 5) is 12.2. The molecule has 0 aliphatic heterocycles. The Morgan fingerprint density at radius 1 is 1.24 bits per heavy atom. The minimum atomic E-state index is -0.345. The summed E-state index contributed by atoms with van der Waals surface area (Å²) in [5, 5.41) is 2.72. The second-order valence-electron chi connectivity index (χ2n) is 4.55. The van der Waals surface area contributed by atoms with E-state index in [1.165, 1.54) is 24.3 Å². The Morgan fingerprint density at radius 3 is 2.62 bits per heavy atom. The lowest BCUT2D eigenvalue weighted by atomic mass is 10.1. The topological polar surface area (TPSA) is 55.1 Å². The molecule has 0 unspecified atom stereocenters. The van der Waals surface area contributed by atoms with Crippen molar-refractivity contribution in [2.24, 2.45) is 5.73 Å². The third-order valence-corrected chi connectivity index (χ3v) is 2.78. The molecular formula is C17H15FN2O. The van der Waals surface area contributed by atoms with E-state index in [1.54, 1.807) is 12.1 Å². The van der Waals surface area contributed by atoms with Gasteiger partial charge in [0.15, 0.2) is 0 Å². The van der Waals surface area contributed by atoms with Gasteiger partial charge in [0.2, 0.25) is 0 Å². The van der Waals surface area contributed by atoms with Crippen molar-refractivity contribution >= 4 is 11.6 Å². The molecule has 2 aromatic rings. The number of hydrogen-bond acceptors (Lipinski definition) is 2. The Labute approximate surface area is 123 Å². The maximum atomic E-state index is 12.8. The fourth-order valence-corrected chi connectivity index (χ4v) is 1.88. The largest absolute Gasteiger partial charge is 0.322 e. The van der Waals surface area contributed by atoms with Crippen molar-refractivity contribution in [3.05, 3.63) is 65.0 Å². The number of aryl methyl sites for hydroxylation is 1. The van der Waals surface area contributed by atoms with Crippen LogP contribution in [-0.4, -0.2) is 12.5 Å². The first-order valence-electron chi connectivity index (χ1n) is 6.46. The molecule has 0 aliphatic carbocycles. The van der Waals surface area contributed by atoms with E-state index in [4.69, 9.17) is 5.73 Å². The molecule has 0 heterocycles. The van der Waals surface area contributed by atoms with Crippen molar-refractivity contribution in [1.82, 2.24) is 0 Å². The molecule has 0 spiro atoms. The third-order valence-electron chi connectivity index (χ3n) is 2.78. The van der Waals surface area contributed by atoms with Crippen LogP contribution in [0.5, 0.6) is 0 Å². The molecule has 0 radical (unpaired) electrons. The SMILES string of the molecule is Cc1cc(C#CCN)cc(C(=O)Nc2ccc(F)cc2)c1. The molecule has 3 N–H and O–H groups in total. The Hall–Kier alpha value is -2.64. The molecule has 1 amide bonds. The molecule has 0 saturated heterocycles. The van der Waals surface area contributed by atoms with Gasteiger partial charge < -0.3 is 11.1 Å². The Bertz CT molecular complexity index is 712. The van der Waals surface area contributed by atoms with Crippen LogP contribution in [0.3, 0.4) is 0 Å². The van der Waals surface area contributed by atoms with Crippen molar-refractivity contribution < 1.29 is 9.18 Å². The summed E-state index contributed by atoms with van der Waals surface area (Å²) < 4.78 is 12.8. The summed E-state index contributed by atoms with van der Waals surface area (Å²) in [6, 6.07) is 11.0. The second kappa shape index (κ2) is 6.69. The molecule has 0 fully saturated rings. The lowest BCUT2D eigenvalue weighted by Crippen LogP contribution is -2.12. The zero-order valence-corrected chi connectivity index (χ0v) is 11.6. The second-order valence-corrected chi connectivity index (χ2v) is 4.55. The Kier molecular flexibility index (Phi) is 4.70. The first-order chi connectivity index (χ1) is 10.1. The lowest BCUT2D eigenvalue weighted by Gasteiger charge is -2.07. The first kappa shape index (κ1) is 14.8. The number of nitrogens with one attached hydrogen (secondary N) is 1. The number of anilines is 1. The van der Waals surface area contributed by atoms with Gasteiger partial charge in [-0.05, 0) is 55.0 Å². The molecular weight excluding hydrogens is 267 g/mol. The summed E-state index contributed by atoms with van der Waals surface area (Å²) in [7, 11) is 0. The first-order valence-corrected chi connectivity index (χ1v) is 6.46. The molecule has 4 heteroatoms. The van der Waals surface area contributed by atoms with Gasteiger partial charge in [-0.1, -0.05) is 11.8 Å². The number of nitrogens with two attached hydrogens (primary N) is 1. The van der Waals surface area contributed by atoms with E-state index in [0.29, 0.717) is 11.3 Å². The average molecular weight is 282 g/mol. The van der Waals surface area contributed by atoms with Crippen molar-refractivity contribution in [3.8, 4) is 11.8 Å². The van der Waals surface area contributed by atoms with E-state index >= 15 is 0 Å². The summed E-state index contributed by atoms with van der Waals surface area (Å²) >= 11 is 0. The number of carbonyl (C=O) groups excluding carboxylic acids is 1. The van der Waals surface area contributed by atoms with Gasteiger partial charge in [-0.15, -0.1) is 0 Å². The van der Waals surface area contributed by atoms with Crippen molar-refractivity contribution in [2.45, 2.75) is 6.92 Å². The number of halogens is 1. The summed E-state index contributed by atoms with van der Waals surface area (Å²) in [6.45, 7) is 2.16. The lowest BCUT2D eigenvalue weighted by molar-refractivity contribution is 0.102. The van der Waals surface area contributed by atoms with Gasteiger partial charge >= 0.3 is 0 Å². The van der Waals surface area contributed by atoms with Gasteiger partial charge in [-0.25, -0.2) is 4.39 Å².